The Balaban J connectivity index is 1.53. The Morgan fingerprint density at radius 3 is 2.36 bits per heavy atom. The van der Waals surface area contributed by atoms with Gasteiger partial charge in [0, 0.05) is 38.4 Å². The minimum atomic E-state index is -4.29. The average molecular weight is 390 g/mol. The number of halogens is 3. The molecular formula is C23H29F3N2. The third-order valence-electron chi connectivity index (χ3n) is 5.56. The third kappa shape index (κ3) is 5.28. The number of piperazine rings is 1. The van der Waals surface area contributed by atoms with Crippen molar-refractivity contribution in [3.05, 3.63) is 64.7 Å². The van der Waals surface area contributed by atoms with Gasteiger partial charge in [-0.3, -0.25) is 4.90 Å². The summed E-state index contributed by atoms with van der Waals surface area (Å²) in [5.41, 5.74) is 4.26. The quantitative estimate of drug-likeness (QED) is 0.658. The fraction of sp³-hybridized carbons (Fsp3) is 0.478. The van der Waals surface area contributed by atoms with Crippen LogP contribution in [0.25, 0.3) is 0 Å². The summed E-state index contributed by atoms with van der Waals surface area (Å²) < 4.78 is 38.8. The molecule has 5 heteroatoms. The Hall–Kier alpha value is -2.01. The molecule has 2 aromatic carbocycles. The molecule has 0 unspecified atom stereocenters. The zero-order chi connectivity index (χ0) is 20.1. The zero-order valence-corrected chi connectivity index (χ0v) is 16.7. The minimum absolute atomic E-state index is 0.574. The molecular weight excluding hydrogens is 361 g/mol. The second kappa shape index (κ2) is 8.99. The van der Waals surface area contributed by atoms with Gasteiger partial charge in [-0.15, -0.1) is 0 Å². The molecule has 3 rings (SSSR count). The van der Waals surface area contributed by atoms with Gasteiger partial charge in [-0.05, 0) is 54.7 Å². The molecule has 0 radical (unpaired) electrons. The summed E-state index contributed by atoms with van der Waals surface area (Å²) in [6, 6.07) is 12.4. The lowest BCUT2D eigenvalue weighted by Gasteiger charge is -2.36. The van der Waals surface area contributed by atoms with E-state index in [1.54, 1.807) is 6.07 Å². The lowest BCUT2D eigenvalue weighted by Crippen LogP contribution is -2.47. The average Bonchev–Trinajstić information content (AvgIpc) is 2.69. The molecule has 1 aliphatic heterocycles. The van der Waals surface area contributed by atoms with Gasteiger partial charge in [-0.25, -0.2) is 0 Å². The summed E-state index contributed by atoms with van der Waals surface area (Å²) in [7, 11) is 0. The van der Waals surface area contributed by atoms with Crippen LogP contribution in [0.15, 0.2) is 42.5 Å². The van der Waals surface area contributed by atoms with Crippen LogP contribution in [-0.4, -0.2) is 37.6 Å². The molecule has 0 aromatic heterocycles. The van der Waals surface area contributed by atoms with Gasteiger partial charge < -0.3 is 4.90 Å². The monoisotopic (exact) mass is 390 g/mol. The van der Waals surface area contributed by atoms with Gasteiger partial charge in [-0.1, -0.05) is 37.6 Å². The van der Waals surface area contributed by atoms with E-state index in [4.69, 9.17) is 0 Å². The molecule has 1 heterocycles. The van der Waals surface area contributed by atoms with E-state index < -0.39 is 11.7 Å². The highest BCUT2D eigenvalue weighted by Crippen LogP contribution is 2.31. The molecule has 0 aliphatic carbocycles. The van der Waals surface area contributed by atoms with Crippen LogP contribution >= 0.6 is 0 Å². The Labute approximate surface area is 166 Å². The van der Waals surface area contributed by atoms with Gasteiger partial charge in [0.2, 0.25) is 0 Å². The predicted molar refractivity (Wildman–Crippen MR) is 109 cm³/mol. The van der Waals surface area contributed by atoms with Crippen molar-refractivity contribution in [1.82, 2.24) is 4.90 Å². The van der Waals surface area contributed by atoms with Crippen LogP contribution in [-0.2, 0) is 19.0 Å². The molecule has 0 N–H and O–H groups in total. The maximum Gasteiger partial charge on any atom is 0.416 e. The zero-order valence-electron chi connectivity index (χ0n) is 16.7. The molecule has 2 nitrogen and oxygen atoms in total. The summed E-state index contributed by atoms with van der Waals surface area (Å²) in [5.74, 6) is 0. The first-order chi connectivity index (χ1) is 13.4. The minimum Gasteiger partial charge on any atom is -0.369 e. The van der Waals surface area contributed by atoms with Crippen LogP contribution < -0.4 is 4.90 Å². The van der Waals surface area contributed by atoms with Gasteiger partial charge in [0.05, 0.1) is 5.56 Å². The van der Waals surface area contributed by atoms with E-state index in [1.165, 1.54) is 28.8 Å². The molecule has 28 heavy (non-hydrogen) atoms. The molecule has 0 atom stereocenters. The molecule has 0 saturated carbocycles. The molecule has 0 amide bonds. The number of benzene rings is 2. The molecule has 1 aliphatic rings. The standard InChI is InChI=1S/C23H29F3N2/c1-3-5-20-16-19(9-8-18(20)2)10-11-27-12-14-28(15-13-27)22-7-4-6-21(17-22)23(24,25)26/h4,6-9,16-17H,3,5,10-15H2,1-2H3. The first-order valence-corrected chi connectivity index (χ1v) is 10.1. The maximum absolute atomic E-state index is 12.9. The molecule has 1 fully saturated rings. The molecule has 1 saturated heterocycles. The molecule has 0 bridgehead atoms. The van der Waals surface area contributed by atoms with Gasteiger partial charge >= 0.3 is 6.18 Å². The van der Waals surface area contributed by atoms with Crippen molar-refractivity contribution in [2.24, 2.45) is 0 Å². The fourth-order valence-electron chi connectivity index (χ4n) is 3.81. The van der Waals surface area contributed by atoms with E-state index in [1.807, 2.05) is 0 Å². The Morgan fingerprint density at radius 1 is 0.929 bits per heavy atom. The van der Waals surface area contributed by atoms with Crippen molar-refractivity contribution in [2.45, 2.75) is 39.3 Å². The van der Waals surface area contributed by atoms with Gasteiger partial charge in [0.25, 0.3) is 0 Å². The normalized spacial score (nSPS) is 15.8. The van der Waals surface area contributed by atoms with Crippen molar-refractivity contribution in [3.8, 4) is 0 Å². The van der Waals surface area contributed by atoms with Gasteiger partial charge in [-0.2, -0.15) is 13.2 Å². The van der Waals surface area contributed by atoms with Crippen molar-refractivity contribution in [3.63, 3.8) is 0 Å². The van der Waals surface area contributed by atoms with Crippen LogP contribution in [0.2, 0.25) is 0 Å². The summed E-state index contributed by atoms with van der Waals surface area (Å²) in [6.07, 6.45) is -1.000. The van der Waals surface area contributed by atoms with Crippen molar-refractivity contribution in [1.29, 1.82) is 0 Å². The summed E-state index contributed by atoms with van der Waals surface area (Å²) in [4.78, 5) is 4.46. The predicted octanol–water partition coefficient (Wildman–Crippen LogP) is 5.33. The number of nitrogens with zero attached hydrogens (tertiary/aromatic N) is 2. The van der Waals surface area contributed by atoms with Crippen LogP contribution in [0.3, 0.4) is 0 Å². The molecule has 152 valence electrons. The third-order valence-corrected chi connectivity index (χ3v) is 5.56. The second-order valence-electron chi connectivity index (χ2n) is 7.64. The van der Waals surface area contributed by atoms with E-state index in [9.17, 15) is 13.2 Å². The van der Waals surface area contributed by atoms with Crippen LogP contribution in [0.1, 0.15) is 35.6 Å². The van der Waals surface area contributed by atoms with Crippen LogP contribution in [0.5, 0.6) is 0 Å². The largest absolute Gasteiger partial charge is 0.416 e. The Kier molecular flexibility index (Phi) is 6.65. The van der Waals surface area contributed by atoms with E-state index in [0.29, 0.717) is 5.69 Å². The van der Waals surface area contributed by atoms with Gasteiger partial charge in [0.15, 0.2) is 0 Å². The summed E-state index contributed by atoms with van der Waals surface area (Å²) >= 11 is 0. The topological polar surface area (TPSA) is 6.48 Å². The number of hydrogen-bond donors (Lipinski definition) is 0. The molecule has 0 spiro atoms. The highest BCUT2D eigenvalue weighted by atomic mass is 19.4. The SMILES string of the molecule is CCCc1cc(CCN2CCN(c3cccc(C(F)(F)F)c3)CC2)ccc1C. The number of aryl methyl sites for hydroxylation is 2. The Morgan fingerprint density at radius 2 is 1.68 bits per heavy atom. The number of rotatable bonds is 6. The van der Waals surface area contributed by atoms with E-state index in [-0.39, 0.29) is 0 Å². The highest BCUT2D eigenvalue weighted by Gasteiger charge is 2.31. The number of anilines is 1. The van der Waals surface area contributed by atoms with E-state index in [2.05, 4.69) is 41.8 Å². The summed E-state index contributed by atoms with van der Waals surface area (Å²) in [5, 5.41) is 0. The van der Waals surface area contributed by atoms with Crippen LogP contribution in [0, 0.1) is 6.92 Å². The first-order valence-electron chi connectivity index (χ1n) is 10.1. The highest BCUT2D eigenvalue weighted by molar-refractivity contribution is 5.49. The van der Waals surface area contributed by atoms with Crippen molar-refractivity contribution < 1.29 is 13.2 Å². The maximum atomic E-state index is 12.9. The number of alkyl halides is 3. The van der Waals surface area contributed by atoms with E-state index in [0.717, 1.165) is 58.1 Å². The lowest BCUT2D eigenvalue weighted by atomic mass is 9.99. The molecule has 2 aromatic rings. The Bertz CT molecular complexity index is 778. The van der Waals surface area contributed by atoms with Crippen molar-refractivity contribution >= 4 is 5.69 Å². The second-order valence-corrected chi connectivity index (χ2v) is 7.64. The van der Waals surface area contributed by atoms with E-state index >= 15 is 0 Å². The first kappa shape index (κ1) is 20.7. The number of hydrogen-bond acceptors (Lipinski definition) is 2. The fourth-order valence-corrected chi connectivity index (χ4v) is 3.81. The lowest BCUT2D eigenvalue weighted by molar-refractivity contribution is -0.137. The van der Waals surface area contributed by atoms with Crippen molar-refractivity contribution in [2.75, 3.05) is 37.6 Å². The van der Waals surface area contributed by atoms with Crippen LogP contribution in [0.4, 0.5) is 18.9 Å². The summed E-state index contributed by atoms with van der Waals surface area (Å²) in [6.45, 7) is 8.64. The smallest absolute Gasteiger partial charge is 0.369 e. The van der Waals surface area contributed by atoms with Gasteiger partial charge in [0.1, 0.15) is 0 Å².